The van der Waals surface area contributed by atoms with E-state index in [0.29, 0.717) is 16.6 Å². The predicted octanol–water partition coefficient (Wildman–Crippen LogP) is 2.22. The van der Waals surface area contributed by atoms with Crippen molar-refractivity contribution >= 4 is 29.1 Å². The first kappa shape index (κ1) is 13.3. The second-order valence-electron chi connectivity index (χ2n) is 3.43. The topological polar surface area (TPSA) is 41.1 Å². The highest BCUT2D eigenvalue weighted by atomic mass is 35.5. The van der Waals surface area contributed by atoms with Crippen molar-refractivity contribution < 1.29 is 4.79 Å². The van der Waals surface area contributed by atoms with Crippen LogP contribution in [0.2, 0.25) is 10.0 Å². The number of nitrogens with one attached hydrogen (secondary N) is 2. The Morgan fingerprint density at radius 2 is 2.12 bits per heavy atom. The Labute approximate surface area is 105 Å². The number of likely N-dealkylation sites (N-methyl/N-ethyl adjacent to an activating group) is 1. The van der Waals surface area contributed by atoms with Crippen LogP contribution in [0.4, 0.5) is 0 Å². The van der Waals surface area contributed by atoms with Gasteiger partial charge in [-0.1, -0.05) is 35.3 Å². The molecule has 0 aliphatic heterocycles. The van der Waals surface area contributed by atoms with Gasteiger partial charge in [0.05, 0.1) is 16.1 Å². The van der Waals surface area contributed by atoms with Crippen LogP contribution in [0.25, 0.3) is 0 Å². The van der Waals surface area contributed by atoms with Gasteiger partial charge in [0.1, 0.15) is 0 Å². The van der Waals surface area contributed by atoms with Crippen LogP contribution < -0.4 is 10.6 Å². The van der Waals surface area contributed by atoms with Gasteiger partial charge < -0.3 is 10.6 Å². The van der Waals surface area contributed by atoms with Crippen LogP contribution in [-0.2, 0) is 11.3 Å². The number of rotatable bonds is 4. The molecule has 0 radical (unpaired) electrons. The van der Waals surface area contributed by atoms with E-state index in [0.717, 1.165) is 5.56 Å². The molecule has 0 unspecified atom stereocenters. The second-order valence-corrected chi connectivity index (χ2v) is 4.21. The fourth-order valence-corrected chi connectivity index (χ4v) is 1.64. The van der Waals surface area contributed by atoms with Crippen LogP contribution in [0.3, 0.4) is 0 Å². The van der Waals surface area contributed by atoms with Crippen molar-refractivity contribution in [1.82, 2.24) is 10.6 Å². The van der Waals surface area contributed by atoms with E-state index in [4.69, 9.17) is 23.2 Å². The summed E-state index contributed by atoms with van der Waals surface area (Å²) in [6.45, 7) is 2.30. The number of hydrogen-bond acceptors (Lipinski definition) is 2. The lowest BCUT2D eigenvalue weighted by Gasteiger charge is -2.13. The molecule has 1 aromatic rings. The maximum Gasteiger partial charge on any atom is 0.236 e. The Bertz CT molecular complexity index is 382. The van der Waals surface area contributed by atoms with E-state index in [1.807, 2.05) is 12.1 Å². The molecule has 0 saturated carbocycles. The average Bonchev–Trinajstić information content (AvgIpc) is 2.29. The van der Waals surface area contributed by atoms with Crippen molar-refractivity contribution in [2.75, 3.05) is 7.05 Å². The summed E-state index contributed by atoms with van der Waals surface area (Å²) in [6, 6.07) is 5.17. The minimum absolute atomic E-state index is 0.0573. The minimum atomic E-state index is -0.264. The quantitative estimate of drug-likeness (QED) is 0.872. The van der Waals surface area contributed by atoms with Crippen molar-refractivity contribution in [1.29, 1.82) is 0 Å². The molecule has 0 spiro atoms. The lowest BCUT2D eigenvalue weighted by Crippen LogP contribution is -2.40. The Hall–Kier alpha value is -0.770. The Kier molecular flexibility index (Phi) is 5.06. The van der Waals surface area contributed by atoms with Crippen LogP contribution in [0, 0.1) is 0 Å². The molecule has 0 fully saturated rings. The van der Waals surface area contributed by atoms with Crippen LogP contribution in [0.5, 0.6) is 0 Å². The van der Waals surface area contributed by atoms with Crippen molar-refractivity contribution in [3.05, 3.63) is 33.8 Å². The summed E-state index contributed by atoms with van der Waals surface area (Å²) in [4.78, 5) is 11.3. The molecule has 88 valence electrons. The molecule has 1 aromatic carbocycles. The van der Waals surface area contributed by atoms with Crippen molar-refractivity contribution in [3.8, 4) is 0 Å². The number of amides is 1. The molecule has 2 N–H and O–H groups in total. The van der Waals surface area contributed by atoms with E-state index in [2.05, 4.69) is 10.6 Å². The molecular formula is C11H14Cl2N2O. The van der Waals surface area contributed by atoms with Crippen LogP contribution in [0.15, 0.2) is 18.2 Å². The number of halogens is 2. The van der Waals surface area contributed by atoms with E-state index in [9.17, 15) is 4.79 Å². The molecule has 0 aromatic heterocycles. The molecule has 0 bridgehead atoms. The summed E-state index contributed by atoms with van der Waals surface area (Å²) in [6.07, 6.45) is 0. The highest BCUT2D eigenvalue weighted by molar-refractivity contribution is 6.42. The van der Waals surface area contributed by atoms with Crippen molar-refractivity contribution in [2.45, 2.75) is 19.5 Å². The molecule has 1 rings (SSSR count). The first-order valence-electron chi connectivity index (χ1n) is 4.94. The smallest absolute Gasteiger partial charge is 0.236 e. The molecule has 3 nitrogen and oxygen atoms in total. The number of benzene rings is 1. The summed E-state index contributed by atoms with van der Waals surface area (Å²) in [5.41, 5.74) is 0.880. The Morgan fingerprint density at radius 1 is 1.44 bits per heavy atom. The van der Waals surface area contributed by atoms with Gasteiger partial charge in [-0.3, -0.25) is 4.79 Å². The molecular weight excluding hydrogens is 247 g/mol. The minimum Gasteiger partial charge on any atom is -0.358 e. The number of carbonyl (C=O) groups is 1. The summed E-state index contributed by atoms with van der Waals surface area (Å²) in [5.74, 6) is -0.0573. The van der Waals surface area contributed by atoms with Gasteiger partial charge in [0.25, 0.3) is 0 Å². The summed E-state index contributed by atoms with van der Waals surface area (Å²) >= 11 is 11.9. The van der Waals surface area contributed by atoms with E-state index in [1.165, 1.54) is 0 Å². The van der Waals surface area contributed by atoms with Gasteiger partial charge in [-0.05, 0) is 18.6 Å². The monoisotopic (exact) mass is 260 g/mol. The van der Waals surface area contributed by atoms with Crippen LogP contribution in [-0.4, -0.2) is 19.0 Å². The van der Waals surface area contributed by atoms with Gasteiger partial charge in [-0.2, -0.15) is 0 Å². The Morgan fingerprint density at radius 3 is 2.75 bits per heavy atom. The molecule has 1 atom stereocenters. The summed E-state index contributed by atoms with van der Waals surface area (Å²) in [7, 11) is 1.60. The van der Waals surface area contributed by atoms with Gasteiger partial charge in [-0.25, -0.2) is 0 Å². The molecule has 5 heteroatoms. The maximum atomic E-state index is 11.3. The first-order chi connectivity index (χ1) is 7.56. The summed E-state index contributed by atoms with van der Waals surface area (Å²) < 4.78 is 0. The third-order valence-corrected chi connectivity index (χ3v) is 3.13. The maximum absolute atomic E-state index is 11.3. The van der Waals surface area contributed by atoms with Gasteiger partial charge in [0.2, 0.25) is 5.91 Å². The van der Waals surface area contributed by atoms with E-state index in [1.54, 1.807) is 20.0 Å². The number of hydrogen-bond donors (Lipinski definition) is 2. The van der Waals surface area contributed by atoms with Gasteiger partial charge in [-0.15, -0.1) is 0 Å². The fraction of sp³-hybridized carbons (Fsp3) is 0.364. The molecule has 0 aliphatic carbocycles. The van der Waals surface area contributed by atoms with Crippen molar-refractivity contribution in [3.63, 3.8) is 0 Å². The van der Waals surface area contributed by atoms with E-state index < -0.39 is 0 Å². The molecule has 0 heterocycles. The van der Waals surface area contributed by atoms with Gasteiger partial charge in [0, 0.05) is 13.6 Å². The van der Waals surface area contributed by atoms with Crippen LogP contribution >= 0.6 is 23.2 Å². The SMILES string of the molecule is CNC(=O)[C@@H](C)NCc1cccc(Cl)c1Cl. The highest BCUT2D eigenvalue weighted by Crippen LogP contribution is 2.25. The lowest BCUT2D eigenvalue weighted by atomic mass is 10.2. The fourth-order valence-electron chi connectivity index (χ4n) is 1.26. The number of carbonyl (C=O) groups excluding carboxylic acids is 1. The molecule has 16 heavy (non-hydrogen) atoms. The molecule has 0 saturated heterocycles. The van der Waals surface area contributed by atoms with E-state index in [-0.39, 0.29) is 11.9 Å². The zero-order valence-electron chi connectivity index (χ0n) is 9.18. The largest absolute Gasteiger partial charge is 0.358 e. The molecule has 1 amide bonds. The third kappa shape index (κ3) is 3.37. The van der Waals surface area contributed by atoms with E-state index >= 15 is 0 Å². The zero-order valence-corrected chi connectivity index (χ0v) is 10.7. The van der Waals surface area contributed by atoms with Crippen LogP contribution in [0.1, 0.15) is 12.5 Å². The van der Waals surface area contributed by atoms with Crippen molar-refractivity contribution in [2.24, 2.45) is 0 Å². The third-order valence-electron chi connectivity index (χ3n) is 2.27. The first-order valence-corrected chi connectivity index (χ1v) is 5.69. The highest BCUT2D eigenvalue weighted by Gasteiger charge is 2.11. The van der Waals surface area contributed by atoms with Gasteiger partial charge >= 0.3 is 0 Å². The summed E-state index contributed by atoms with van der Waals surface area (Å²) in [5, 5.41) is 6.68. The zero-order chi connectivity index (χ0) is 12.1. The average molecular weight is 261 g/mol. The Balaban J connectivity index is 2.61. The lowest BCUT2D eigenvalue weighted by molar-refractivity contribution is -0.122. The normalized spacial score (nSPS) is 12.2. The van der Waals surface area contributed by atoms with Gasteiger partial charge in [0.15, 0.2) is 0 Å². The predicted molar refractivity (Wildman–Crippen MR) is 66.8 cm³/mol. The standard InChI is InChI=1S/C11H14Cl2N2O/c1-7(11(16)14-2)15-6-8-4-3-5-9(12)10(8)13/h3-5,7,15H,6H2,1-2H3,(H,14,16)/t7-/m1/s1. The second kappa shape index (κ2) is 6.09. The molecule has 0 aliphatic rings.